The quantitative estimate of drug-likeness (QED) is 0.826. The van der Waals surface area contributed by atoms with E-state index in [1.165, 1.54) is 12.1 Å². The normalized spacial score (nSPS) is 22.4. The third-order valence-electron chi connectivity index (χ3n) is 3.10. The minimum absolute atomic E-state index is 0.581. The minimum Gasteiger partial charge on any atom is -0.333 e. The average molecular weight is 241 g/mol. The predicted octanol–water partition coefficient (Wildman–Crippen LogP) is 0.729. The average Bonchev–Trinajstić information content (AvgIpc) is 2.95. The molecule has 2 heterocycles. The maximum Gasteiger partial charge on any atom is 0.0948 e. The van der Waals surface area contributed by atoms with E-state index in [0.717, 1.165) is 31.1 Å². The third kappa shape index (κ3) is 2.71. The Morgan fingerprint density at radius 3 is 3.25 bits per heavy atom. The molecule has 0 saturated carbocycles. The van der Waals surface area contributed by atoms with Crippen molar-refractivity contribution >= 4 is 10.8 Å². The lowest BCUT2D eigenvalue weighted by Crippen LogP contribution is -2.14. The molecule has 0 radical (unpaired) electrons. The van der Waals surface area contributed by atoms with Gasteiger partial charge in [-0.05, 0) is 13.0 Å². The zero-order chi connectivity index (χ0) is 11.4. The van der Waals surface area contributed by atoms with Crippen molar-refractivity contribution in [2.45, 2.75) is 25.8 Å². The summed E-state index contributed by atoms with van der Waals surface area (Å²) in [6, 6.07) is 0. The monoisotopic (exact) mass is 241 g/mol. The number of rotatable bonds is 5. The summed E-state index contributed by atoms with van der Waals surface area (Å²) in [5, 5.41) is 3.36. The number of hydrogen-bond donors (Lipinski definition) is 1. The summed E-state index contributed by atoms with van der Waals surface area (Å²) in [4.78, 5) is 4.21. The van der Waals surface area contributed by atoms with Crippen LogP contribution in [-0.4, -0.2) is 38.4 Å². The molecule has 1 fully saturated rings. The Hall–Kier alpha value is -0.680. The maximum absolute atomic E-state index is 11.4. The standard InChI is InChI=1S/C11H19N3OS/c1-2-16(15)6-5-14-9-13-8-11(14)10-3-4-12-7-10/h8-10,12H,2-7H2,1H3. The van der Waals surface area contributed by atoms with E-state index in [-0.39, 0.29) is 0 Å². The second kappa shape index (κ2) is 5.59. The van der Waals surface area contributed by atoms with Crippen LogP contribution in [0.2, 0.25) is 0 Å². The van der Waals surface area contributed by atoms with Gasteiger partial charge in [-0.1, -0.05) is 6.92 Å². The molecule has 90 valence electrons. The lowest BCUT2D eigenvalue weighted by atomic mass is 10.1. The molecule has 1 aliphatic heterocycles. The van der Waals surface area contributed by atoms with Crippen molar-refractivity contribution in [3.05, 3.63) is 18.2 Å². The zero-order valence-corrected chi connectivity index (χ0v) is 10.5. The van der Waals surface area contributed by atoms with Crippen molar-refractivity contribution in [3.63, 3.8) is 0 Å². The van der Waals surface area contributed by atoms with Crippen molar-refractivity contribution in [2.75, 3.05) is 24.6 Å². The molecule has 2 atom stereocenters. The summed E-state index contributed by atoms with van der Waals surface area (Å²) in [6.07, 6.45) is 5.00. The summed E-state index contributed by atoms with van der Waals surface area (Å²) in [5.41, 5.74) is 1.29. The van der Waals surface area contributed by atoms with Gasteiger partial charge in [0, 0.05) is 53.2 Å². The molecule has 0 aromatic carbocycles. The number of nitrogens with zero attached hydrogens (tertiary/aromatic N) is 2. The summed E-state index contributed by atoms with van der Waals surface area (Å²) < 4.78 is 13.6. The van der Waals surface area contributed by atoms with Gasteiger partial charge >= 0.3 is 0 Å². The molecular formula is C11H19N3OS. The first-order valence-corrected chi connectivity index (χ1v) is 7.35. The molecule has 2 unspecified atom stereocenters. The van der Waals surface area contributed by atoms with E-state index in [2.05, 4.69) is 14.9 Å². The second-order valence-corrected chi connectivity index (χ2v) is 6.00. The summed E-state index contributed by atoms with van der Waals surface area (Å²) in [7, 11) is -0.686. The van der Waals surface area contributed by atoms with Crippen LogP contribution in [0.1, 0.15) is 25.0 Å². The first-order valence-electron chi connectivity index (χ1n) is 5.87. The van der Waals surface area contributed by atoms with Gasteiger partial charge in [0.25, 0.3) is 0 Å². The molecule has 1 aliphatic rings. The molecule has 0 aliphatic carbocycles. The van der Waals surface area contributed by atoms with Gasteiger partial charge in [-0.2, -0.15) is 0 Å². The van der Waals surface area contributed by atoms with Gasteiger partial charge in [-0.25, -0.2) is 4.98 Å². The molecule has 2 rings (SSSR count). The maximum atomic E-state index is 11.4. The fourth-order valence-corrected chi connectivity index (χ4v) is 2.80. The van der Waals surface area contributed by atoms with E-state index < -0.39 is 10.8 Å². The van der Waals surface area contributed by atoms with Crippen molar-refractivity contribution in [1.82, 2.24) is 14.9 Å². The Morgan fingerprint density at radius 1 is 1.69 bits per heavy atom. The van der Waals surface area contributed by atoms with Crippen LogP contribution < -0.4 is 5.32 Å². The van der Waals surface area contributed by atoms with Gasteiger partial charge in [0.2, 0.25) is 0 Å². The highest BCUT2D eigenvalue weighted by molar-refractivity contribution is 7.84. The second-order valence-electron chi connectivity index (χ2n) is 4.13. The van der Waals surface area contributed by atoms with Crippen LogP contribution >= 0.6 is 0 Å². The first-order chi connectivity index (χ1) is 7.81. The topological polar surface area (TPSA) is 46.9 Å². The van der Waals surface area contributed by atoms with E-state index in [1.54, 1.807) is 0 Å². The number of imidazole rings is 1. The van der Waals surface area contributed by atoms with Crippen molar-refractivity contribution in [2.24, 2.45) is 0 Å². The lowest BCUT2D eigenvalue weighted by molar-refractivity contribution is 0.634. The molecule has 0 bridgehead atoms. The summed E-state index contributed by atoms with van der Waals surface area (Å²) >= 11 is 0. The highest BCUT2D eigenvalue weighted by atomic mass is 32.2. The fraction of sp³-hybridized carbons (Fsp3) is 0.727. The number of aromatic nitrogens is 2. The van der Waals surface area contributed by atoms with Gasteiger partial charge in [0.1, 0.15) is 0 Å². The lowest BCUT2D eigenvalue weighted by Gasteiger charge is -2.12. The van der Waals surface area contributed by atoms with Crippen molar-refractivity contribution < 1.29 is 4.21 Å². The molecule has 1 N–H and O–H groups in total. The van der Waals surface area contributed by atoms with E-state index in [9.17, 15) is 4.21 Å². The Kier molecular flexibility index (Phi) is 4.12. The molecule has 0 spiro atoms. The smallest absolute Gasteiger partial charge is 0.0948 e. The van der Waals surface area contributed by atoms with Gasteiger partial charge in [-0.3, -0.25) is 4.21 Å². The molecule has 1 aromatic rings. The Balaban J connectivity index is 1.98. The SMILES string of the molecule is CCS(=O)CCn1cncc1C1CCNC1. The molecular weight excluding hydrogens is 222 g/mol. The molecule has 0 amide bonds. The number of nitrogens with one attached hydrogen (secondary N) is 1. The van der Waals surface area contributed by atoms with Crippen molar-refractivity contribution in [1.29, 1.82) is 0 Å². The summed E-state index contributed by atoms with van der Waals surface area (Å²) in [6.45, 7) is 4.93. The van der Waals surface area contributed by atoms with E-state index >= 15 is 0 Å². The van der Waals surface area contributed by atoms with Crippen LogP contribution in [0.3, 0.4) is 0 Å². The fourth-order valence-electron chi connectivity index (χ4n) is 2.11. The summed E-state index contributed by atoms with van der Waals surface area (Å²) in [5.74, 6) is 2.06. The van der Waals surface area contributed by atoms with Crippen LogP contribution in [0, 0.1) is 0 Å². The molecule has 5 heteroatoms. The van der Waals surface area contributed by atoms with Crippen LogP contribution in [0.4, 0.5) is 0 Å². The molecule has 4 nitrogen and oxygen atoms in total. The van der Waals surface area contributed by atoms with Gasteiger partial charge in [0.15, 0.2) is 0 Å². The minimum atomic E-state index is -0.686. The highest BCUT2D eigenvalue weighted by Gasteiger charge is 2.19. The Bertz CT molecular complexity index is 358. The third-order valence-corrected chi connectivity index (χ3v) is 4.39. The van der Waals surface area contributed by atoms with E-state index in [1.807, 2.05) is 19.4 Å². The van der Waals surface area contributed by atoms with Gasteiger partial charge in [0.05, 0.1) is 6.33 Å². The first kappa shape index (κ1) is 11.8. The van der Waals surface area contributed by atoms with Crippen LogP contribution in [0.25, 0.3) is 0 Å². The van der Waals surface area contributed by atoms with E-state index in [0.29, 0.717) is 5.92 Å². The van der Waals surface area contributed by atoms with E-state index in [4.69, 9.17) is 0 Å². The van der Waals surface area contributed by atoms with Crippen LogP contribution in [0.5, 0.6) is 0 Å². The van der Waals surface area contributed by atoms with Gasteiger partial charge < -0.3 is 9.88 Å². The number of aryl methyl sites for hydroxylation is 1. The van der Waals surface area contributed by atoms with Crippen LogP contribution in [0.15, 0.2) is 12.5 Å². The van der Waals surface area contributed by atoms with Crippen molar-refractivity contribution in [3.8, 4) is 0 Å². The predicted molar refractivity (Wildman–Crippen MR) is 66.0 cm³/mol. The molecule has 16 heavy (non-hydrogen) atoms. The van der Waals surface area contributed by atoms with Gasteiger partial charge in [-0.15, -0.1) is 0 Å². The largest absolute Gasteiger partial charge is 0.333 e. The molecule has 1 saturated heterocycles. The molecule has 1 aromatic heterocycles. The van der Waals surface area contributed by atoms with Crippen LogP contribution in [-0.2, 0) is 17.3 Å². The number of hydrogen-bond acceptors (Lipinski definition) is 3. The Morgan fingerprint density at radius 2 is 2.56 bits per heavy atom. The Labute approximate surface area is 98.9 Å². The highest BCUT2D eigenvalue weighted by Crippen LogP contribution is 2.21. The zero-order valence-electron chi connectivity index (χ0n) is 9.69.